The number of nitrogens with one attached hydrogen (secondary N) is 1. The van der Waals surface area contributed by atoms with Gasteiger partial charge in [0, 0.05) is 26.2 Å². The van der Waals surface area contributed by atoms with Gasteiger partial charge in [0.15, 0.2) is 0 Å². The standard InChI is InChI=1S/C30H41N3O6/c1-29(2,3)39-28(36)33-20-18-32(19-21-33)17-16-30(4,5)25(26(34)37-22-23-12-8-6-9-13-23)31-27(35)38-24-14-10-7-11-15-24/h6-15,25H,16-22H2,1-5H3,(H,31,35)/t25-/m0/s1. The number of esters is 1. The van der Waals surface area contributed by atoms with Crippen LogP contribution in [0.25, 0.3) is 0 Å². The predicted octanol–water partition coefficient (Wildman–Crippen LogP) is 4.86. The Labute approximate surface area is 231 Å². The van der Waals surface area contributed by atoms with Crippen LogP contribution in [0.2, 0.25) is 0 Å². The maximum Gasteiger partial charge on any atom is 0.413 e. The number of para-hydroxylation sites is 1. The van der Waals surface area contributed by atoms with E-state index in [9.17, 15) is 14.4 Å². The summed E-state index contributed by atoms with van der Waals surface area (Å²) in [4.78, 5) is 42.4. The van der Waals surface area contributed by atoms with E-state index in [4.69, 9.17) is 14.2 Å². The molecule has 1 saturated heterocycles. The molecule has 0 bridgehead atoms. The number of amides is 2. The average molecular weight is 540 g/mol. The highest BCUT2D eigenvalue weighted by Gasteiger charge is 2.39. The van der Waals surface area contributed by atoms with Crippen LogP contribution in [0, 0.1) is 5.41 Å². The number of piperazine rings is 1. The third-order valence-electron chi connectivity index (χ3n) is 6.55. The number of hydrogen-bond donors (Lipinski definition) is 1. The summed E-state index contributed by atoms with van der Waals surface area (Å²) in [5.41, 5.74) is -0.319. The lowest BCUT2D eigenvalue weighted by Gasteiger charge is -2.38. The molecule has 0 radical (unpaired) electrons. The number of ether oxygens (including phenoxy) is 3. The summed E-state index contributed by atoms with van der Waals surface area (Å²) >= 11 is 0. The van der Waals surface area contributed by atoms with Crippen molar-refractivity contribution in [2.24, 2.45) is 5.41 Å². The smallest absolute Gasteiger partial charge is 0.413 e. The van der Waals surface area contributed by atoms with Gasteiger partial charge >= 0.3 is 18.2 Å². The van der Waals surface area contributed by atoms with Gasteiger partial charge in [-0.3, -0.25) is 4.90 Å². The first-order valence-electron chi connectivity index (χ1n) is 13.4. The van der Waals surface area contributed by atoms with Gasteiger partial charge in [0.1, 0.15) is 24.0 Å². The molecule has 1 aliphatic rings. The molecule has 0 unspecified atom stereocenters. The third kappa shape index (κ3) is 9.90. The quantitative estimate of drug-likeness (QED) is 0.455. The van der Waals surface area contributed by atoms with Crippen molar-refractivity contribution in [2.45, 2.75) is 59.3 Å². The molecule has 2 aromatic carbocycles. The van der Waals surface area contributed by atoms with Crippen LogP contribution in [0.4, 0.5) is 9.59 Å². The van der Waals surface area contributed by atoms with E-state index in [1.165, 1.54) is 0 Å². The van der Waals surface area contributed by atoms with Gasteiger partial charge in [-0.05, 0) is 56.8 Å². The molecule has 0 saturated carbocycles. The monoisotopic (exact) mass is 539 g/mol. The maximum atomic E-state index is 13.3. The van der Waals surface area contributed by atoms with Crippen molar-refractivity contribution in [3.63, 3.8) is 0 Å². The number of carbonyl (C=O) groups excluding carboxylic acids is 3. The lowest BCUT2D eigenvalue weighted by molar-refractivity contribution is -0.150. The molecule has 1 N–H and O–H groups in total. The molecule has 3 rings (SSSR count). The van der Waals surface area contributed by atoms with Crippen LogP contribution in [-0.4, -0.2) is 72.3 Å². The van der Waals surface area contributed by atoms with Gasteiger partial charge in [0.2, 0.25) is 0 Å². The zero-order valence-corrected chi connectivity index (χ0v) is 23.6. The molecule has 2 amide bonds. The summed E-state index contributed by atoms with van der Waals surface area (Å²) in [6.45, 7) is 12.8. The minimum Gasteiger partial charge on any atom is -0.459 e. The maximum absolute atomic E-state index is 13.3. The molecule has 1 fully saturated rings. The molecule has 0 aromatic heterocycles. The zero-order valence-electron chi connectivity index (χ0n) is 23.6. The van der Waals surface area contributed by atoms with Crippen molar-refractivity contribution in [1.29, 1.82) is 0 Å². The third-order valence-corrected chi connectivity index (χ3v) is 6.55. The van der Waals surface area contributed by atoms with E-state index in [1.807, 2.05) is 71.0 Å². The highest BCUT2D eigenvalue weighted by Crippen LogP contribution is 2.28. The fourth-order valence-corrected chi connectivity index (χ4v) is 4.20. The summed E-state index contributed by atoms with van der Waals surface area (Å²) in [6, 6.07) is 17.2. The lowest BCUT2D eigenvalue weighted by atomic mass is 9.81. The molecule has 9 nitrogen and oxygen atoms in total. The first kappa shape index (κ1) is 30.0. The minimum atomic E-state index is -0.930. The Kier molecular flexibility index (Phi) is 10.3. The van der Waals surface area contributed by atoms with Gasteiger partial charge < -0.3 is 24.4 Å². The minimum absolute atomic E-state index is 0.105. The Morgan fingerprint density at radius 3 is 2.05 bits per heavy atom. The predicted molar refractivity (Wildman–Crippen MR) is 148 cm³/mol. The second-order valence-corrected chi connectivity index (χ2v) is 11.4. The first-order valence-corrected chi connectivity index (χ1v) is 13.4. The molecular formula is C30H41N3O6. The summed E-state index contributed by atoms with van der Waals surface area (Å²) in [6.07, 6.45) is -0.414. The molecule has 2 aromatic rings. The topological polar surface area (TPSA) is 97.4 Å². The number of hydrogen-bond acceptors (Lipinski definition) is 7. The van der Waals surface area contributed by atoms with Crippen LogP contribution >= 0.6 is 0 Å². The zero-order chi connectivity index (χ0) is 28.5. The molecule has 1 atom stereocenters. The van der Waals surface area contributed by atoms with E-state index in [-0.39, 0.29) is 12.7 Å². The molecule has 39 heavy (non-hydrogen) atoms. The van der Waals surface area contributed by atoms with Crippen LogP contribution in [0.3, 0.4) is 0 Å². The number of nitrogens with zero attached hydrogens (tertiary/aromatic N) is 2. The van der Waals surface area contributed by atoms with Crippen molar-refractivity contribution in [2.75, 3.05) is 32.7 Å². The second-order valence-electron chi connectivity index (χ2n) is 11.4. The van der Waals surface area contributed by atoms with E-state index < -0.39 is 29.1 Å². The average Bonchev–Trinajstić information content (AvgIpc) is 2.89. The molecule has 9 heteroatoms. The van der Waals surface area contributed by atoms with Gasteiger partial charge in [0.25, 0.3) is 0 Å². The van der Waals surface area contributed by atoms with Crippen LogP contribution in [0.15, 0.2) is 60.7 Å². The summed E-state index contributed by atoms with van der Waals surface area (Å²) in [5.74, 6) is -0.143. The van der Waals surface area contributed by atoms with Crippen molar-refractivity contribution in [3.8, 4) is 5.75 Å². The normalized spacial score (nSPS) is 15.3. The van der Waals surface area contributed by atoms with Gasteiger partial charge in [0.05, 0.1) is 0 Å². The Hall–Kier alpha value is -3.59. The van der Waals surface area contributed by atoms with Crippen LogP contribution in [0.1, 0.15) is 46.6 Å². The van der Waals surface area contributed by atoms with Crippen molar-refractivity contribution < 1.29 is 28.6 Å². The van der Waals surface area contributed by atoms with Gasteiger partial charge in [-0.25, -0.2) is 14.4 Å². The Balaban J connectivity index is 1.60. The summed E-state index contributed by atoms with van der Waals surface area (Å²) in [5, 5.41) is 2.75. The second kappa shape index (κ2) is 13.5. The van der Waals surface area contributed by atoms with Gasteiger partial charge in [-0.2, -0.15) is 0 Å². The fraction of sp³-hybridized carbons (Fsp3) is 0.500. The highest BCUT2D eigenvalue weighted by atomic mass is 16.6. The lowest BCUT2D eigenvalue weighted by Crippen LogP contribution is -2.54. The van der Waals surface area contributed by atoms with Crippen LogP contribution in [0.5, 0.6) is 5.75 Å². The molecule has 1 aliphatic heterocycles. The number of benzene rings is 2. The summed E-state index contributed by atoms with van der Waals surface area (Å²) < 4.78 is 16.5. The van der Waals surface area contributed by atoms with E-state index in [2.05, 4.69) is 10.2 Å². The molecule has 1 heterocycles. The van der Waals surface area contributed by atoms with Gasteiger partial charge in [-0.1, -0.05) is 62.4 Å². The molecule has 0 aliphatic carbocycles. The largest absolute Gasteiger partial charge is 0.459 e. The summed E-state index contributed by atoms with van der Waals surface area (Å²) in [7, 11) is 0. The van der Waals surface area contributed by atoms with E-state index in [0.717, 1.165) is 5.56 Å². The van der Waals surface area contributed by atoms with E-state index >= 15 is 0 Å². The highest BCUT2D eigenvalue weighted by molar-refractivity contribution is 5.83. The Bertz CT molecular complexity index is 1080. The van der Waals surface area contributed by atoms with Crippen LogP contribution < -0.4 is 10.1 Å². The fourth-order valence-electron chi connectivity index (χ4n) is 4.20. The molecule has 0 spiro atoms. The number of carbonyl (C=O) groups is 3. The first-order chi connectivity index (χ1) is 18.4. The SMILES string of the molecule is CC(C)(C)OC(=O)N1CCN(CCC(C)(C)[C@@H](NC(=O)Oc2ccccc2)C(=O)OCc2ccccc2)CC1. The number of rotatable bonds is 9. The molecule has 212 valence electrons. The van der Waals surface area contributed by atoms with Crippen molar-refractivity contribution >= 4 is 18.2 Å². The van der Waals surface area contributed by atoms with Gasteiger partial charge in [-0.15, -0.1) is 0 Å². The molecular weight excluding hydrogens is 498 g/mol. The van der Waals surface area contributed by atoms with E-state index in [1.54, 1.807) is 29.2 Å². The Morgan fingerprint density at radius 1 is 0.872 bits per heavy atom. The van der Waals surface area contributed by atoms with Crippen LogP contribution in [-0.2, 0) is 20.9 Å². The van der Waals surface area contributed by atoms with Crippen molar-refractivity contribution in [3.05, 3.63) is 66.2 Å². The van der Waals surface area contributed by atoms with E-state index in [0.29, 0.717) is 44.9 Å². The Morgan fingerprint density at radius 2 is 1.46 bits per heavy atom. The van der Waals surface area contributed by atoms with Crippen molar-refractivity contribution in [1.82, 2.24) is 15.1 Å².